The molecule has 27 heavy (non-hydrogen) atoms. The van der Waals surface area contributed by atoms with Crippen LogP contribution in [0.1, 0.15) is 0 Å². The molecular formula is C19H23N7O. The number of aromatic nitrogens is 4. The van der Waals surface area contributed by atoms with E-state index in [4.69, 9.17) is 9.72 Å². The van der Waals surface area contributed by atoms with Crippen molar-refractivity contribution in [3.63, 3.8) is 0 Å². The maximum Gasteiger partial charge on any atom is 0.221 e. The quantitative estimate of drug-likeness (QED) is 0.736. The lowest BCUT2D eigenvalue weighted by Crippen LogP contribution is -2.51. The third kappa shape index (κ3) is 3.11. The van der Waals surface area contributed by atoms with Crippen molar-refractivity contribution in [1.82, 2.24) is 29.8 Å². The van der Waals surface area contributed by atoms with Gasteiger partial charge in [-0.05, 0) is 25.2 Å². The van der Waals surface area contributed by atoms with Crippen molar-refractivity contribution in [3.8, 4) is 17.0 Å². The molecule has 3 aromatic rings. The molecule has 0 saturated carbocycles. The highest BCUT2D eigenvalue weighted by atomic mass is 16.5. The molecule has 2 aliphatic rings. The molecule has 0 radical (unpaired) electrons. The molecular weight excluding hydrogens is 342 g/mol. The van der Waals surface area contributed by atoms with Crippen LogP contribution in [0.4, 0.5) is 5.82 Å². The van der Waals surface area contributed by atoms with Gasteiger partial charge in [-0.2, -0.15) is 5.10 Å². The number of hydrogen-bond donors (Lipinski definition) is 1. The minimum Gasteiger partial charge on any atom is -0.471 e. The molecule has 3 aromatic heterocycles. The minimum atomic E-state index is 0.190. The number of nitrogens with one attached hydrogen (secondary N) is 1. The highest BCUT2D eigenvalue weighted by Gasteiger charge is 2.27. The van der Waals surface area contributed by atoms with Crippen molar-refractivity contribution >= 4 is 11.5 Å². The Morgan fingerprint density at radius 1 is 1.15 bits per heavy atom. The molecule has 0 bridgehead atoms. The Morgan fingerprint density at radius 3 is 2.81 bits per heavy atom. The highest BCUT2D eigenvalue weighted by molar-refractivity contribution is 5.80. The van der Waals surface area contributed by atoms with Gasteiger partial charge in [0, 0.05) is 57.2 Å². The van der Waals surface area contributed by atoms with Gasteiger partial charge in [0.1, 0.15) is 11.9 Å². The standard InChI is InChI=1S/C19H23N7O/c1-24-12-14(13-24)27-19-15(3-2-5-21-19)16-11-22-26-8-4-17(23-18(16)26)25-9-6-20-7-10-25/h2-5,8,11,14,20H,6-7,9-10,12-13H2,1H3. The number of pyridine rings is 1. The lowest BCUT2D eigenvalue weighted by molar-refractivity contribution is 0.0360. The van der Waals surface area contributed by atoms with Crippen molar-refractivity contribution in [1.29, 1.82) is 0 Å². The summed E-state index contributed by atoms with van der Waals surface area (Å²) in [5, 5.41) is 7.86. The molecule has 0 unspecified atom stereocenters. The molecule has 0 aromatic carbocycles. The Hall–Kier alpha value is -2.71. The number of rotatable bonds is 4. The minimum absolute atomic E-state index is 0.190. The summed E-state index contributed by atoms with van der Waals surface area (Å²) >= 11 is 0. The van der Waals surface area contributed by atoms with Gasteiger partial charge in [-0.15, -0.1) is 0 Å². The Labute approximate surface area is 157 Å². The topological polar surface area (TPSA) is 70.8 Å². The fourth-order valence-corrected chi connectivity index (χ4v) is 3.68. The van der Waals surface area contributed by atoms with Crippen LogP contribution < -0.4 is 15.0 Å². The van der Waals surface area contributed by atoms with Crippen LogP contribution >= 0.6 is 0 Å². The van der Waals surface area contributed by atoms with E-state index < -0.39 is 0 Å². The van der Waals surface area contributed by atoms with Gasteiger partial charge in [-0.25, -0.2) is 14.5 Å². The monoisotopic (exact) mass is 365 g/mol. The molecule has 0 aliphatic carbocycles. The third-order valence-corrected chi connectivity index (χ3v) is 5.17. The second kappa shape index (κ2) is 6.79. The molecule has 5 rings (SSSR count). The first-order chi connectivity index (χ1) is 13.3. The van der Waals surface area contributed by atoms with Crippen molar-refractivity contribution in [2.24, 2.45) is 0 Å². The van der Waals surface area contributed by atoms with Gasteiger partial charge in [-0.3, -0.25) is 4.90 Å². The molecule has 0 amide bonds. The molecule has 8 heteroatoms. The summed E-state index contributed by atoms with van der Waals surface area (Å²) in [6, 6.07) is 5.99. The molecule has 8 nitrogen and oxygen atoms in total. The van der Waals surface area contributed by atoms with Gasteiger partial charge in [-0.1, -0.05) is 0 Å². The molecule has 2 saturated heterocycles. The van der Waals surface area contributed by atoms with Crippen molar-refractivity contribution < 1.29 is 4.74 Å². The van der Waals surface area contributed by atoms with Crippen LogP contribution in [0.15, 0.2) is 36.8 Å². The van der Waals surface area contributed by atoms with Gasteiger partial charge >= 0.3 is 0 Å². The predicted octanol–water partition coefficient (Wildman–Crippen LogP) is 0.894. The Morgan fingerprint density at radius 2 is 2.00 bits per heavy atom. The van der Waals surface area contributed by atoms with Gasteiger partial charge in [0.15, 0.2) is 5.65 Å². The average Bonchev–Trinajstić information content (AvgIpc) is 3.11. The number of anilines is 1. The number of nitrogens with zero attached hydrogens (tertiary/aromatic N) is 6. The number of likely N-dealkylation sites (N-methyl/N-ethyl adjacent to an activating group) is 1. The van der Waals surface area contributed by atoms with E-state index in [1.807, 2.05) is 35.1 Å². The summed E-state index contributed by atoms with van der Waals surface area (Å²) in [5.41, 5.74) is 2.71. The van der Waals surface area contributed by atoms with Crippen LogP contribution in [0.5, 0.6) is 5.88 Å². The second-order valence-electron chi connectivity index (χ2n) is 7.17. The number of ether oxygens (including phenoxy) is 1. The number of hydrogen-bond acceptors (Lipinski definition) is 7. The first-order valence-corrected chi connectivity index (χ1v) is 9.38. The molecule has 5 heterocycles. The zero-order chi connectivity index (χ0) is 18.2. The molecule has 2 fully saturated rings. The van der Waals surface area contributed by atoms with Crippen LogP contribution in [-0.2, 0) is 0 Å². The maximum absolute atomic E-state index is 6.13. The van der Waals surface area contributed by atoms with Crippen LogP contribution in [0.2, 0.25) is 0 Å². The second-order valence-corrected chi connectivity index (χ2v) is 7.17. The van der Waals surface area contributed by atoms with E-state index in [1.165, 1.54) is 0 Å². The fraction of sp³-hybridized carbons (Fsp3) is 0.421. The van der Waals surface area contributed by atoms with E-state index in [2.05, 4.69) is 32.2 Å². The van der Waals surface area contributed by atoms with Crippen molar-refractivity contribution in [3.05, 3.63) is 36.8 Å². The van der Waals surface area contributed by atoms with E-state index in [1.54, 1.807) is 6.20 Å². The van der Waals surface area contributed by atoms with E-state index in [-0.39, 0.29) is 6.10 Å². The van der Waals surface area contributed by atoms with Gasteiger partial charge < -0.3 is 15.0 Å². The smallest absolute Gasteiger partial charge is 0.221 e. The summed E-state index contributed by atoms with van der Waals surface area (Å²) < 4.78 is 7.95. The largest absolute Gasteiger partial charge is 0.471 e. The number of likely N-dealkylation sites (tertiary alicyclic amines) is 1. The normalized spacial score (nSPS) is 18.6. The molecule has 1 N–H and O–H groups in total. The molecule has 140 valence electrons. The SMILES string of the molecule is CN1CC(Oc2ncccc2-c2cnn3ccc(N4CCNCC4)nc23)C1. The lowest BCUT2D eigenvalue weighted by atomic mass is 10.1. The molecule has 0 spiro atoms. The summed E-state index contributed by atoms with van der Waals surface area (Å²) in [4.78, 5) is 13.9. The van der Waals surface area contributed by atoms with Gasteiger partial charge in [0.05, 0.1) is 11.8 Å². The number of fused-ring (bicyclic) bond motifs is 1. The molecule has 2 aliphatic heterocycles. The summed E-state index contributed by atoms with van der Waals surface area (Å²) in [7, 11) is 2.09. The zero-order valence-corrected chi connectivity index (χ0v) is 15.4. The van der Waals surface area contributed by atoms with Gasteiger partial charge in [0.25, 0.3) is 0 Å². The van der Waals surface area contributed by atoms with Gasteiger partial charge in [0.2, 0.25) is 5.88 Å². The van der Waals surface area contributed by atoms with E-state index >= 15 is 0 Å². The van der Waals surface area contributed by atoms with Crippen LogP contribution in [-0.4, -0.2) is 76.9 Å². The average molecular weight is 365 g/mol. The Kier molecular flexibility index (Phi) is 4.14. The molecule has 0 atom stereocenters. The summed E-state index contributed by atoms with van der Waals surface area (Å²) in [6.45, 7) is 5.74. The highest BCUT2D eigenvalue weighted by Crippen LogP contribution is 2.32. The fourth-order valence-electron chi connectivity index (χ4n) is 3.68. The Balaban J connectivity index is 1.51. The van der Waals surface area contributed by atoms with E-state index in [0.29, 0.717) is 5.88 Å². The van der Waals surface area contributed by atoms with E-state index in [9.17, 15) is 0 Å². The first kappa shape index (κ1) is 16.5. The summed E-state index contributed by atoms with van der Waals surface area (Å²) in [6.07, 6.45) is 5.78. The number of piperazine rings is 1. The third-order valence-electron chi connectivity index (χ3n) is 5.17. The summed E-state index contributed by atoms with van der Waals surface area (Å²) in [5.74, 6) is 1.64. The lowest BCUT2D eigenvalue weighted by Gasteiger charge is -2.35. The Bertz CT molecular complexity index is 944. The first-order valence-electron chi connectivity index (χ1n) is 9.38. The van der Waals surface area contributed by atoms with Crippen LogP contribution in [0, 0.1) is 0 Å². The van der Waals surface area contributed by atoms with E-state index in [0.717, 1.165) is 61.9 Å². The van der Waals surface area contributed by atoms with Crippen LogP contribution in [0.3, 0.4) is 0 Å². The van der Waals surface area contributed by atoms with Crippen LogP contribution in [0.25, 0.3) is 16.8 Å². The maximum atomic E-state index is 6.13. The van der Waals surface area contributed by atoms with Crippen molar-refractivity contribution in [2.75, 3.05) is 51.2 Å². The zero-order valence-electron chi connectivity index (χ0n) is 15.4. The van der Waals surface area contributed by atoms with Crippen molar-refractivity contribution in [2.45, 2.75) is 6.10 Å². The predicted molar refractivity (Wildman–Crippen MR) is 103 cm³/mol.